The number of ether oxygens (including phenoxy) is 1. The van der Waals surface area contributed by atoms with Gasteiger partial charge in [0.15, 0.2) is 0 Å². The number of nitrogens with one attached hydrogen (secondary N) is 4. The Balaban J connectivity index is 2.11. The van der Waals surface area contributed by atoms with Gasteiger partial charge in [0.25, 0.3) is 5.91 Å². The third-order valence-corrected chi connectivity index (χ3v) is 6.17. The van der Waals surface area contributed by atoms with E-state index in [2.05, 4.69) is 32.8 Å². The number of amides is 3. The van der Waals surface area contributed by atoms with Crippen molar-refractivity contribution >= 4 is 29.4 Å². The summed E-state index contributed by atoms with van der Waals surface area (Å²) in [6.45, 7) is 14.0. The van der Waals surface area contributed by atoms with Crippen LogP contribution in [0.1, 0.15) is 70.7 Å². The predicted molar refractivity (Wildman–Crippen MR) is 178 cm³/mol. The van der Waals surface area contributed by atoms with Crippen molar-refractivity contribution in [1.29, 1.82) is 0 Å². The second-order valence-corrected chi connectivity index (χ2v) is 11.5. The molecule has 4 N–H and O–H groups in total. The van der Waals surface area contributed by atoms with E-state index in [4.69, 9.17) is 4.74 Å². The first-order valence-electron chi connectivity index (χ1n) is 15.1. The minimum Gasteiger partial charge on any atom is -0.444 e. The number of hydrogen-bond donors (Lipinski definition) is 4. The lowest BCUT2D eigenvalue weighted by atomic mass is 10.1. The van der Waals surface area contributed by atoms with Crippen molar-refractivity contribution in [1.82, 2.24) is 20.5 Å². The number of allylic oxidation sites excluding steroid dienone is 9. The normalized spacial score (nSPS) is 13.6. The van der Waals surface area contributed by atoms with Gasteiger partial charge in [0.2, 0.25) is 5.91 Å². The van der Waals surface area contributed by atoms with E-state index in [-0.39, 0.29) is 30.6 Å². The molecule has 1 aromatic rings. The third kappa shape index (κ3) is 14.1. The quantitative estimate of drug-likeness (QED) is 0.130. The number of aromatic nitrogens is 1. The molecule has 1 aliphatic carbocycles. The van der Waals surface area contributed by atoms with Crippen molar-refractivity contribution in [2.75, 3.05) is 37.3 Å². The lowest BCUT2D eigenvalue weighted by Crippen LogP contribution is -2.36. The zero-order valence-electron chi connectivity index (χ0n) is 27.3. The second-order valence-electron chi connectivity index (χ2n) is 11.5. The van der Waals surface area contributed by atoms with Crippen LogP contribution in [0.25, 0.3) is 0 Å². The van der Waals surface area contributed by atoms with Crippen molar-refractivity contribution in [3.8, 4) is 0 Å². The Hall–Kier alpha value is -4.67. The van der Waals surface area contributed by atoms with Crippen molar-refractivity contribution in [3.63, 3.8) is 0 Å². The molecule has 11 heteroatoms. The van der Waals surface area contributed by atoms with E-state index < -0.39 is 11.7 Å². The van der Waals surface area contributed by atoms with Crippen LogP contribution in [-0.4, -0.2) is 60.1 Å². The molecule has 0 aromatic carbocycles. The van der Waals surface area contributed by atoms with Crippen LogP contribution < -0.4 is 21.3 Å². The average Bonchev–Trinajstić information content (AvgIpc) is 3.18. The number of anilines is 2. The topological polar surface area (TPSA) is 125 Å². The molecule has 0 saturated carbocycles. The molecule has 0 fully saturated rings. The molecule has 0 aliphatic heterocycles. The van der Waals surface area contributed by atoms with Gasteiger partial charge in [0.05, 0.1) is 11.3 Å². The minimum absolute atomic E-state index is 0.0666. The molecule has 244 valence electrons. The zero-order valence-corrected chi connectivity index (χ0v) is 27.3. The highest BCUT2D eigenvalue weighted by molar-refractivity contribution is 6.00. The van der Waals surface area contributed by atoms with Gasteiger partial charge in [-0.2, -0.15) is 0 Å². The largest absolute Gasteiger partial charge is 0.444 e. The van der Waals surface area contributed by atoms with E-state index in [0.29, 0.717) is 54.4 Å². The van der Waals surface area contributed by atoms with E-state index >= 15 is 0 Å². The van der Waals surface area contributed by atoms with Gasteiger partial charge in [-0.1, -0.05) is 31.2 Å². The average molecular weight is 623 g/mol. The molecule has 45 heavy (non-hydrogen) atoms. The van der Waals surface area contributed by atoms with Crippen LogP contribution in [0.2, 0.25) is 0 Å². The van der Waals surface area contributed by atoms with E-state index in [9.17, 15) is 18.8 Å². The van der Waals surface area contributed by atoms with E-state index in [0.717, 1.165) is 12.0 Å². The van der Waals surface area contributed by atoms with Crippen LogP contribution in [-0.2, 0) is 9.53 Å². The summed E-state index contributed by atoms with van der Waals surface area (Å²) in [5.41, 5.74) is 2.15. The van der Waals surface area contributed by atoms with Gasteiger partial charge in [0, 0.05) is 56.8 Å². The van der Waals surface area contributed by atoms with Crippen LogP contribution in [0.3, 0.4) is 0 Å². The summed E-state index contributed by atoms with van der Waals surface area (Å²) < 4.78 is 19.1. The minimum atomic E-state index is -0.628. The van der Waals surface area contributed by atoms with E-state index in [1.165, 1.54) is 23.2 Å². The SMILES string of the molecule is C=CC/C=C(\C=C(/C)NC(=O)CCN(C)C(=O)OC(C)(C)C)NC(=O)c1cnc(NCC2=CC(F)=CC=CC2)cc1NCCC. The molecule has 2 rings (SSSR count). The first-order chi connectivity index (χ1) is 21.3. The monoisotopic (exact) mass is 622 g/mol. The molecule has 0 spiro atoms. The van der Waals surface area contributed by atoms with Crippen molar-refractivity contribution in [2.24, 2.45) is 0 Å². The maximum Gasteiger partial charge on any atom is 0.410 e. The van der Waals surface area contributed by atoms with Gasteiger partial charge in [-0.15, -0.1) is 6.58 Å². The van der Waals surface area contributed by atoms with Crippen LogP contribution in [0.4, 0.5) is 20.7 Å². The maximum atomic E-state index is 13.8. The van der Waals surface area contributed by atoms with Crippen LogP contribution >= 0.6 is 0 Å². The Morgan fingerprint density at radius 2 is 1.96 bits per heavy atom. The number of pyridine rings is 1. The van der Waals surface area contributed by atoms with Gasteiger partial charge in [-0.3, -0.25) is 9.59 Å². The zero-order chi connectivity index (χ0) is 33.4. The molecule has 0 radical (unpaired) electrons. The predicted octanol–water partition coefficient (Wildman–Crippen LogP) is 6.52. The summed E-state index contributed by atoms with van der Waals surface area (Å²) in [6.07, 6.45) is 14.6. The summed E-state index contributed by atoms with van der Waals surface area (Å²) in [4.78, 5) is 43.9. The number of rotatable bonds is 15. The molecular formula is C34H47FN6O4. The first-order valence-corrected chi connectivity index (χ1v) is 15.1. The molecule has 0 saturated heterocycles. The highest BCUT2D eigenvalue weighted by Gasteiger charge is 2.20. The molecule has 0 bridgehead atoms. The Morgan fingerprint density at radius 3 is 2.64 bits per heavy atom. The summed E-state index contributed by atoms with van der Waals surface area (Å²) in [6, 6.07) is 1.76. The Labute approximate surface area is 266 Å². The number of carbonyl (C=O) groups is 3. The third-order valence-electron chi connectivity index (χ3n) is 6.17. The Bertz CT molecular complexity index is 1370. The summed E-state index contributed by atoms with van der Waals surface area (Å²) in [7, 11) is 1.57. The maximum absolute atomic E-state index is 13.8. The lowest BCUT2D eigenvalue weighted by Gasteiger charge is -2.24. The lowest BCUT2D eigenvalue weighted by molar-refractivity contribution is -0.120. The van der Waals surface area contributed by atoms with E-state index in [1.807, 2.05) is 13.0 Å². The smallest absolute Gasteiger partial charge is 0.410 e. The fraction of sp³-hybridized carbons (Fsp3) is 0.412. The molecular weight excluding hydrogens is 575 g/mol. The molecule has 1 aromatic heterocycles. The van der Waals surface area contributed by atoms with Crippen molar-refractivity contribution < 1.29 is 23.5 Å². The second kappa shape index (κ2) is 18.2. The number of carbonyl (C=O) groups excluding carboxylic acids is 3. The fourth-order valence-corrected chi connectivity index (χ4v) is 3.95. The number of halogens is 1. The molecule has 0 unspecified atom stereocenters. The highest BCUT2D eigenvalue weighted by atomic mass is 19.1. The highest BCUT2D eigenvalue weighted by Crippen LogP contribution is 2.21. The Kier molecular flexibility index (Phi) is 14.8. The Morgan fingerprint density at radius 1 is 1.20 bits per heavy atom. The van der Waals surface area contributed by atoms with Gasteiger partial charge in [0.1, 0.15) is 17.2 Å². The van der Waals surface area contributed by atoms with Gasteiger partial charge in [-0.25, -0.2) is 14.2 Å². The van der Waals surface area contributed by atoms with Crippen molar-refractivity contribution in [2.45, 2.75) is 65.9 Å². The molecule has 10 nitrogen and oxygen atoms in total. The van der Waals surface area contributed by atoms with Crippen LogP contribution in [0.5, 0.6) is 0 Å². The summed E-state index contributed by atoms with van der Waals surface area (Å²) in [5, 5.41) is 12.2. The summed E-state index contributed by atoms with van der Waals surface area (Å²) in [5.74, 6) is -0.440. The number of hydrogen-bond acceptors (Lipinski definition) is 7. The van der Waals surface area contributed by atoms with Crippen LogP contribution in [0.15, 0.2) is 84.2 Å². The molecule has 0 atom stereocenters. The van der Waals surface area contributed by atoms with E-state index in [1.54, 1.807) is 65.1 Å². The first kappa shape index (κ1) is 36.5. The molecule has 3 amide bonds. The number of nitrogens with zero attached hydrogens (tertiary/aromatic N) is 2. The van der Waals surface area contributed by atoms with Crippen LogP contribution in [0, 0.1) is 0 Å². The van der Waals surface area contributed by atoms with Crippen molar-refractivity contribution in [3.05, 3.63) is 89.7 Å². The van der Waals surface area contributed by atoms with Gasteiger partial charge in [-0.05, 0) is 70.8 Å². The fourth-order valence-electron chi connectivity index (χ4n) is 3.95. The van der Waals surface area contributed by atoms with Gasteiger partial charge < -0.3 is 30.9 Å². The summed E-state index contributed by atoms with van der Waals surface area (Å²) >= 11 is 0. The standard InChI is InChI=1S/C34H47FN6O4/c1-8-10-15-27(19-24(3)39-31(42)16-18-41(7)33(44)45-34(4,5)6)40-32(43)28-23-38-30(21-29(28)36-17-9-2)37-22-25-13-11-12-14-26(35)20-25/h8,11-12,14-15,19-21,23H,1,9-10,13,16-18,22H2,2-7H3,(H,39,42)(H,40,43)(H2,36,37,38)/b24-19+,27-15+. The molecule has 1 aliphatic rings. The van der Waals surface area contributed by atoms with Gasteiger partial charge >= 0.3 is 6.09 Å². The molecule has 1 heterocycles.